The van der Waals surface area contributed by atoms with Gasteiger partial charge in [-0.15, -0.1) is 0 Å². The minimum Gasteiger partial charge on any atom is -0.472 e. The molecule has 3 rings (SSSR count). The molecule has 1 heterocycles. The number of rotatable bonds is 7. The zero-order valence-electron chi connectivity index (χ0n) is 13.2. The van der Waals surface area contributed by atoms with Crippen molar-refractivity contribution in [1.29, 1.82) is 0 Å². The van der Waals surface area contributed by atoms with Crippen molar-refractivity contribution < 1.29 is 4.42 Å². The fourth-order valence-corrected chi connectivity index (χ4v) is 3.38. The van der Waals surface area contributed by atoms with Gasteiger partial charge in [-0.1, -0.05) is 18.6 Å². The molecule has 0 radical (unpaired) electrons. The molecule has 118 valence electrons. The summed E-state index contributed by atoms with van der Waals surface area (Å²) in [5.41, 5.74) is 11.1. The van der Waals surface area contributed by atoms with E-state index in [4.69, 9.17) is 10.2 Å². The van der Waals surface area contributed by atoms with Gasteiger partial charge in [0.15, 0.2) is 0 Å². The van der Waals surface area contributed by atoms with Crippen LogP contribution in [0.2, 0.25) is 0 Å². The van der Waals surface area contributed by atoms with Crippen molar-refractivity contribution in [2.24, 2.45) is 0 Å². The summed E-state index contributed by atoms with van der Waals surface area (Å²) in [5, 5.41) is 3.72. The average Bonchev–Trinajstić information content (AvgIpc) is 3.04. The molecule has 2 aromatic rings. The van der Waals surface area contributed by atoms with E-state index >= 15 is 0 Å². The Morgan fingerprint density at radius 1 is 1.18 bits per heavy atom. The third kappa shape index (κ3) is 3.92. The van der Waals surface area contributed by atoms with Crippen LogP contribution < -0.4 is 11.1 Å². The van der Waals surface area contributed by atoms with Crippen molar-refractivity contribution in [3.05, 3.63) is 53.5 Å². The van der Waals surface area contributed by atoms with Gasteiger partial charge in [0.25, 0.3) is 0 Å². The van der Waals surface area contributed by atoms with Crippen molar-refractivity contribution in [2.75, 3.05) is 12.3 Å². The van der Waals surface area contributed by atoms with E-state index in [9.17, 15) is 0 Å². The quantitative estimate of drug-likeness (QED) is 0.605. The fourth-order valence-electron chi connectivity index (χ4n) is 3.38. The van der Waals surface area contributed by atoms with E-state index in [1.807, 2.05) is 12.3 Å². The normalized spacial score (nSPS) is 17.4. The largest absolute Gasteiger partial charge is 0.472 e. The maximum absolute atomic E-state index is 6.05. The first-order chi connectivity index (χ1) is 10.8. The van der Waals surface area contributed by atoms with E-state index in [-0.39, 0.29) is 0 Å². The summed E-state index contributed by atoms with van der Waals surface area (Å²) in [6.45, 7) is 1.12. The van der Waals surface area contributed by atoms with Gasteiger partial charge in [-0.3, -0.25) is 0 Å². The van der Waals surface area contributed by atoms with E-state index in [1.54, 1.807) is 6.26 Å². The lowest BCUT2D eigenvalue weighted by atomic mass is 9.87. The van der Waals surface area contributed by atoms with E-state index in [0.717, 1.165) is 31.5 Å². The number of furan rings is 1. The van der Waals surface area contributed by atoms with Crippen molar-refractivity contribution in [1.82, 2.24) is 5.32 Å². The number of unbranched alkanes of at least 4 members (excludes halogenated alkanes) is 2. The molecule has 1 aromatic carbocycles. The molecule has 0 saturated carbocycles. The Hall–Kier alpha value is -1.74. The highest BCUT2D eigenvalue weighted by molar-refractivity contribution is 5.52. The van der Waals surface area contributed by atoms with Crippen LogP contribution >= 0.6 is 0 Å². The number of nitrogen functional groups attached to an aromatic ring is 1. The number of fused-ring (bicyclic) bond motifs is 1. The molecule has 22 heavy (non-hydrogen) atoms. The van der Waals surface area contributed by atoms with Gasteiger partial charge in [0.05, 0.1) is 12.5 Å². The SMILES string of the molecule is Nc1cccc2c1CCC(NCCCCCc1ccoc1)C2. The van der Waals surface area contributed by atoms with Crippen molar-refractivity contribution >= 4 is 5.69 Å². The monoisotopic (exact) mass is 298 g/mol. The smallest absolute Gasteiger partial charge is 0.0934 e. The highest BCUT2D eigenvalue weighted by Crippen LogP contribution is 2.26. The van der Waals surface area contributed by atoms with Gasteiger partial charge < -0.3 is 15.5 Å². The lowest BCUT2D eigenvalue weighted by molar-refractivity contribution is 0.449. The molecule has 0 fully saturated rings. The van der Waals surface area contributed by atoms with Crippen LogP contribution in [-0.2, 0) is 19.3 Å². The molecule has 1 aliphatic rings. The number of nitrogens with one attached hydrogen (secondary N) is 1. The second kappa shape index (κ2) is 7.50. The third-order valence-electron chi connectivity index (χ3n) is 4.67. The fraction of sp³-hybridized carbons (Fsp3) is 0.474. The van der Waals surface area contributed by atoms with E-state index in [0.29, 0.717) is 6.04 Å². The molecule has 0 aliphatic heterocycles. The number of nitrogens with two attached hydrogens (primary N) is 1. The summed E-state index contributed by atoms with van der Waals surface area (Å²) in [4.78, 5) is 0. The second-order valence-corrected chi connectivity index (χ2v) is 6.32. The van der Waals surface area contributed by atoms with Gasteiger partial charge in [-0.25, -0.2) is 0 Å². The molecule has 3 nitrogen and oxygen atoms in total. The number of aryl methyl sites for hydroxylation is 1. The maximum Gasteiger partial charge on any atom is 0.0934 e. The van der Waals surface area contributed by atoms with E-state index in [2.05, 4.69) is 23.5 Å². The Morgan fingerprint density at radius 2 is 2.14 bits per heavy atom. The lowest BCUT2D eigenvalue weighted by Crippen LogP contribution is -2.35. The Morgan fingerprint density at radius 3 is 3.00 bits per heavy atom. The first-order valence-electron chi connectivity index (χ1n) is 8.43. The Labute approximate surface area is 132 Å². The zero-order valence-corrected chi connectivity index (χ0v) is 13.2. The first-order valence-corrected chi connectivity index (χ1v) is 8.43. The highest BCUT2D eigenvalue weighted by atomic mass is 16.3. The number of hydrogen-bond acceptors (Lipinski definition) is 3. The van der Waals surface area contributed by atoms with Gasteiger partial charge in [-0.2, -0.15) is 0 Å². The second-order valence-electron chi connectivity index (χ2n) is 6.32. The van der Waals surface area contributed by atoms with Crippen molar-refractivity contribution in [3.63, 3.8) is 0 Å². The van der Waals surface area contributed by atoms with Crippen LogP contribution in [0.5, 0.6) is 0 Å². The molecular formula is C19H26N2O. The lowest BCUT2D eigenvalue weighted by Gasteiger charge is -2.26. The summed E-state index contributed by atoms with van der Waals surface area (Å²) in [6, 6.07) is 9.00. The topological polar surface area (TPSA) is 51.2 Å². The standard InChI is InChI=1S/C19H26N2O/c20-19-7-4-6-16-13-17(8-9-18(16)19)21-11-3-1-2-5-15-10-12-22-14-15/h4,6-7,10,12,14,17,21H,1-3,5,8-9,11,13,20H2. The predicted molar refractivity (Wildman–Crippen MR) is 90.9 cm³/mol. The summed E-state index contributed by atoms with van der Waals surface area (Å²) < 4.78 is 5.09. The molecule has 0 bridgehead atoms. The molecule has 0 spiro atoms. The van der Waals surface area contributed by atoms with Crippen LogP contribution in [0.4, 0.5) is 5.69 Å². The van der Waals surface area contributed by atoms with Crippen molar-refractivity contribution in [3.8, 4) is 0 Å². The van der Waals surface area contributed by atoms with Gasteiger partial charge in [0, 0.05) is 11.7 Å². The molecular weight excluding hydrogens is 272 g/mol. The van der Waals surface area contributed by atoms with E-state index < -0.39 is 0 Å². The van der Waals surface area contributed by atoms with Crippen LogP contribution in [0.15, 0.2) is 41.2 Å². The molecule has 0 amide bonds. The average molecular weight is 298 g/mol. The van der Waals surface area contributed by atoms with Crippen LogP contribution in [0.3, 0.4) is 0 Å². The summed E-state index contributed by atoms with van der Waals surface area (Å²) >= 11 is 0. The molecule has 3 N–H and O–H groups in total. The van der Waals surface area contributed by atoms with Crippen LogP contribution in [0.25, 0.3) is 0 Å². The van der Waals surface area contributed by atoms with Crippen LogP contribution in [-0.4, -0.2) is 12.6 Å². The first kappa shape index (κ1) is 15.2. The Balaban J connectivity index is 1.33. The Bertz CT molecular complexity index is 577. The summed E-state index contributed by atoms with van der Waals surface area (Å²) in [5.74, 6) is 0. The minimum absolute atomic E-state index is 0.614. The van der Waals surface area contributed by atoms with Crippen LogP contribution in [0, 0.1) is 0 Å². The van der Waals surface area contributed by atoms with Gasteiger partial charge >= 0.3 is 0 Å². The van der Waals surface area contributed by atoms with E-state index in [1.165, 1.54) is 42.4 Å². The predicted octanol–water partition coefficient (Wildman–Crippen LogP) is 3.72. The van der Waals surface area contributed by atoms with Gasteiger partial charge in [0.2, 0.25) is 0 Å². The molecule has 1 unspecified atom stereocenters. The molecule has 1 aromatic heterocycles. The summed E-state index contributed by atoms with van der Waals surface area (Å²) in [6.07, 6.45) is 11.9. The Kier molecular flexibility index (Phi) is 5.17. The molecule has 1 atom stereocenters. The van der Waals surface area contributed by atoms with Gasteiger partial charge in [0.1, 0.15) is 0 Å². The zero-order chi connectivity index (χ0) is 15.2. The molecule has 0 saturated heterocycles. The van der Waals surface area contributed by atoms with Crippen molar-refractivity contribution in [2.45, 2.75) is 51.0 Å². The van der Waals surface area contributed by atoms with Crippen LogP contribution in [0.1, 0.15) is 42.4 Å². The number of hydrogen-bond donors (Lipinski definition) is 2. The summed E-state index contributed by atoms with van der Waals surface area (Å²) in [7, 11) is 0. The number of benzene rings is 1. The number of anilines is 1. The minimum atomic E-state index is 0.614. The van der Waals surface area contributed by atoms with Gasteiger partial charge in [-0.05, 0) is 73.9 Å². The third-order valence-corrected chi connectivity index (χ3v) is 4.67. The highest BCUT2D eigenvalue weighted by Gasteiger charge is 2.19. The maximum atomic E-state index is 6.05. The molecule has 1 aliphatic carbocycles. The molecule has 3 heteroatoms.